The van der Waals surface area contributed by atoms with Crippen LogP contribution in [0, 0.1) is 0 Å². The summed E-state index contributed by atoms with van der Waals surface area (Å²) in [7, 11) is 5.80. The van der Waals surface area contributed by atoms with Crippen LogP contribution in [0.25, 0.3) is 22.4 Å². The van der Waals surface area contributed by atoms with Crippen molar-refractivity contribution in [2.75, 3.05) is 34.4 Å². The molecule has 0 saturated heterocycles. The van der Waals surface area contributed by atoms with E-state index >= 15 is 0 Å². The molecule has 0 spiro atoms. The number of nitrogens with one attached hydrogen (secondary N) is 1. The minimum Gasteiger partial charge on any atom is -0.492 e. The lowest BCUT2D eigenvalue weighted by Gasteiger charge is -2.28. The van der Waals surface area contributed by atoms with Gasteiger partial charge in [0, 0.05) is 41.4 Å². The predicted octanol–water partition coefficient (Wildman–Crippen LogP) is 7.38. The second-order valence-electron chi connectivity index (χ2n) is 10.2. The summed E-state index contributed by atoms with van der Waals surface area (Å²) in [6, 6.07) is 17.0. The zero-order valence-electron chi connectivity index (χ0n) is 24.4. The van der Waals surface area contributed by atoms with Gasteiger partial charge in [0.25, 0.3) is 5.91 Å². The fourth-order valence-corrected chi connectivity index (χ4v) is 5.14. The van der Waals surface area contributed by atoms with Crippen LogP contribution < -0.4 is 10.1 Å². The van der Waals surface area contributed by atoms with E-state index in [1.807, 2.05) is 56.6 Å². The molecule has 0 radical (unpaired) electrons. The van der Waals surface area contributed by atoms with Gasteiger partial charge in [-0.1, -0.05) is 47.5 Å². The predicted molar refractivity (Wildman–Crippen MR) is 172 cm³/mol. The van der Waals surface area contributed by atoms with Gasteiger partial charge in [-0.2, -0.15) is 0 Å². The molecule has 1 aliphatic carbocycles. The number of carbonyl (C=O) groups excluding carboxylic acids is 1. The van der Waals surface area contributed by atoms with Crippen LogP contribution >= 0.6 is 35.6 Å². The number of aromatic nitrogens is 1. The molecule has 1 saturated carbocycles. The van der Waals surface area contributed by atoms with E-state index in [1.54, 1.807) is 19.2 Å². The van der Waals surface area contributed by atoms with Crippen molar-refractivity contribution < 1.29 is 29.3 Å². The van der Waals surface area contributed by atoms with Crippen molar-refractivity contribution in [3.05, 3.63) is 70.3 Å². The van der Waals surface area contributed by atoms with E-state index in [-0.39, 0.29) is 30.5 Å². The molecular weight excluding hydrogens is 617 g/mol. The van der Waals surface area contributed by atoms with E-state index in [9.17, 15) is 4.79 Å². The molecule has 43 heavy (non-hydrogen) atoms. The smallest absolute Gasteiger partial charge is 0.492 e. The van der Waals surface area contributed by atoms with Crippen molar-refractivity contribution >= 4 is 47.7 Å². The average Bonchev–Trinajstić information content (AvgIpc) is 2.96. The van der Waals surface area contributed by atoms with Gasteiger partial charge in [-0.05, 0) is 76.5 Å². The Bertz CT molecular complexity index is 1350. The van der Waals surface area contributed by atoms with Crippen molar-refractivity contribution in [1.29, 1.82) is 0 Å². The van der Waals surface area contributed by atoms with Crippen LogP contribution in [0.1, 0.15) is 42.6 Å². The third kappa shape index (κ3) is 11.2. The van der Waals surface area contributed by atoms with E-state index in [1.165, 1.54) is 0 Å². The number of pyridine rings is 1. The highest BCUT2D eigenvalue weighted by molar-refractivity contribution is 6.33. The van der Waals surface area contributed by atoms with Gasteiger partial charge in [-0.25, -0.2) is 9.78 Å². The molecule has 1 aliphatic rings. The van der Waals surface area contributed by atoms with Gasteiger partial charge in [-0.3, -0.25) is 4.79 Å². The third-order valence-corrected chi connectivity index (χ3v) is 7.49. The maximum atomic E-state index is 13.2. The topological polar surface area (TPSA) is 121 Å². The van der Waals surface area contributed by atoms with E-state index in [0.717, 1.165) is 55.3 Å². The monoisotopic (exact) mass is 653 g/mol. The summed E-state index contributed by atoms with van der Waals surface area (Å²) in [5.74, 6) is 0.395. The van der Waals surface area contributed by atoms with Gasteiger partial charge in [0.1, 0.15) is 11.4 Å². The Morgan fingerprint density at radius 2 is 1.65 bits per heavy atom. The fourth-order valence-electron chi connectivity index (χ4n) is 4.73. The van der Waals surface area contributed by atoms with Crippen LogP contribution in [0.5, 0.6) is 5.75 Å². The van der Waals surface area contributed by atoms with Crippen LogP contribution in [0.2, 0.25) is 10.0 Å². The Balaban J connectivity index is 0.00000121. The Morgan fingerprint density at radius 1 is 0.977 bits per heavy atom. The van der Waals surface area contributed by atoms with Gasteiger partial charge in [-0.15, -0.1) is 12.4 Å². The highest BCUT2D eigenvalue weighted by atomic mass is 35.5. The number of hydrogen-bond donors (Lipinski definition) is 3. The number of carbonyl (C=O) groups is 2. The molecule has 2 aromatic carbocycles. The third-order valence-electron chi connectivity index (χ3n) is 6.85. The number of nitrogens with zero attached hydrogens (tertiary/aromatic N) is 2. The summed E-state index contributed by atoms with van der Waals surface area (Å²) in [4.78, 5) is 28.7. The first kappa shape index (κ1) is 36.1. The SMILES string of the molecule is COC1CCC(NC(=O)c2ccc(-c3ccccc3Cl)c(-c3ccc(Cl)c(OCCCN(C)C)c3)n2)CC1.Cl.O=C(O)O. The van der Waals surface area contributed by atoms with Gasteiger partial charge in [0.05, 0.1) is 23.4 Å². The molecular formula is C31H38Cl3N3O6. The Labute approximate surface area is 268 Å². The largest absolute Gasteiger partial charge is 0.503 e. The summed E-state index contributed by atoms with van der Waals surface area (Å²) in [5, 5.41) is 18.2. The Kier molecular flexibility index (Phi) is 15.0. The maximum absolute atomic E-state index is 13.2. The minimum absolute atomic E-state index is 0. The number of carboxylic acid groups (broad SMARTS) is 2. The molecule has 0 bridgehead atoms. The first-order valence-electron chi connectivity index (χ1n) is 13.7. The van der Waals surface area contributed by atoms with E-state index in [4.69, 9.17) is 52.7 Å². The average molecular weight is 655 g/mol. The number of methoxy groups -OCH3 is 1. The van der Waals surface area contributed by atoms with Crippen molar-refractivity contribution in [1.82, 2.24) is 15.2 Å². The highest BCUT2D eigenvalue weighted by Gasteiger charge is 2.24. The summed E-state index contributed by atoms with van der Waals surface area (Å²) in [6.45, 7) is 1.46. The van der Waals surface area contributed by atoms with Crippen molar-refractivity contribution in [2.24, 2.45) is 0 Å². The molecule has 0 atom stereocenters. The number of halogens is 3. The first-order valence-corrected chi connectivity index (χ1v) is 14.4. The number of rotatable bonds is 10. The van der Waals surface area contributed by atoms with E-state index in [2.05, 4.69) is 10.2 Å². The lowest BCUT2D eigenvalue weighted by atomic mass is 9.93. The zero-order valence-corrected chi connectivity index (χ0v) is 26.7. The molecule has 3 N–H and O–H groups in total. The second-order valence-corrected chi connectivity index (χ2v) is 11.0. The minimum atomic E-state index is -1.83. The van der Waals surface area contributed by atoms with Gasteiger partial charge in [0.2, 0.25) is 0 Å². The van der Waals surface area contributed by atoms with Crippen LogP contribution in [-0.2, 0) is 4.74 Å². The Hall–Kier alpha value is -3.08. The van der Waals surface area contributed by atoms with Crippen molar-refractivity contribution in [3.63, 3.8) is 0 Å². The lowest BCUT2D eigenvalue weighted by molar-refractivity contribution is 0.0598. The molecule has 234 valence electrons. The zero-order chi connectivity index (χ0) is 30.6. The maximum Gasteiger partial charge on any atom is 0.503 e. The number of amides is 1. The molecule has 1 heterocycles. The lowest BCUT2D eigenvalue weighted by Crippen LogP contribution is -2.39. The molecule has 9 nitrogen and oxygen atoms in total. The highest BCUT2D eigenvalue weighted by Crippen LogP contribution is 2.38. The molecule has 1 aromatic heterocycles. The summed E-state index contributed by atoms with van der Waals surface area (Å²) in [5.41, 5.74) is 3.46. The van der Waals surface area contributed by atoms with Crippen LogP contribution in [0.3, 0.4) is 0 Å². The molecule has 12 heteroatoms. The summed E-state index contributed by atoms with van der Waals surface area (Å²) >= 11 is 13.0. The van der Waals surface area contributed by atoms with E-state index < -0.39 is 6.16 Å². The van der Waals surface area contributed by atoms with Crippen LogP contribution in [-0.4, -0.2) is 78.7 Å². The molecule has 0 unspecified atom stereocenters. The molecule has 4 rings (SSSR count). The quantitative estimate of drug-likeness (QED) is 0.194. The van der Waals surface area contributed by atoms with Gasteiger partial charge >= 0.3 is 6.16 Å². The Morgan fingerprint density at radius 3 is 2.28 bits per heavy atom. The van der Waals surface area contributed by atoms with Crippen LogP contribution in [0.15, 0.2) is 54.6 Å². The summed E-state index contributed by atoms with van der Waals surface area (Å²) in [6.07, 6.45) is 2.97. The fraction of sp³-hybridized carbons (Fsp3) is 0.387. The van der Waals surface area contributed by atoms with Crippen molar-refractivity contribution in [3.8, 4) is 28.1 Å². The molecule has 0 aliphatic heterocycles. The number of benzene rings is 2. The molecule has 1 fully saturated rings. The molecule has 1 amide bonds. The molecule has 3 aromatic rings. The van der Waals surface area contributed by atoms with E-state index in [0.29, 0.717) is 33.8 Å². The number of hydrogen-bond acceptors (Lipinski definition) is 6. The normalized spacial score (nSPS) is 16.0. The van der Waals surface area contributed by atoms with Gasteiger partial charge < -0.3 is 29.9 Å². The van der Waals surface area contributed by atoms with Crippen molar-refractivity contribution in [2.45, 2.75) is 44.2 Å². The van der Waals surface area contributed by atoms with Crippen LogP contribution in [0.4, 0.5) is 4.79 Å². The standard InChI is InChI=1S/C30H35Cl2N3O3.CH2O3.ClH/c1-35(2)17-6-18-38-28-19-20(9-15-26(28)32)29-24(23-7-4-5-8-25(23)31)14-16-27(34-29)30(36)33-21-10-12-22(37-3)13-11-21;2-1(3)4;/h4-5,7-9,14-16,19,21-22H,6,10-13,17-18H2,1-3H3,(H,33,36);(H2,2,3,4);1H. The number of ether oxygens (including phenoxy) is 2. The second kappa shape index (κ2) is 17.9. The van der Waals surface area contributed by atoms with Gasteiger partial charge in [0.15, 0.2) is 0 Å². The summed E-state index contributed by atoms with van der Waals surface area (Å²) < 4.78 is 11.5. The first-order chi connectivity index (χ1) is 20.1.